The van der Waals surface area contributed by atoms with Gasteiger partial charge in [0, 0.05) is 5.92 Å². The summed E-state index contributed by atoms with van der Waals surface area (Å²) in [5.41, 5.74) is 0. The summed E-state index contributed by atoms with van der Waals surface area (Å²) in [6.45, 7) is 3.99. The number of aliphatic hydroxyl groups is 1. The van der Waals surface area contributed by atoms with E-state index in [0.29, 0.717) is 0 Å². The molecular weight excluding hydrogens is 148 g/mol. The molecule has 1 N–H and O–H groups in total. The first-order chi connectivity index (χ1) is 5.72. The Kier molecular flexibility index (Phi) is 6.51. The van der Waals surface area contributed by atoms with Crippen LogP contribution in [0.2, 0.25) is 0 Å². The Hall–Kier alpha value is -0.740. The van der Waals surface area contributed by atoms with Crippen molar-refractivity contribution in [3.05, 3.63) is 12.2 Å². The second kappa shape index (κ2) is 6.94. The molecule has 0 radical (unpaired) electrons. The van der Waals surface area contributed by atoms with Gasteiger partial charge in [-0.1, -0.05) is 31.9 Å². The van der Waals surface area contributed by atoms with Crippen LogP contribution in [-0.4, -0.2) is 11.2 Å². The highest BCUT2D eigenvalue weighted by Crippen LogP contribution is 2.04. The molecule has 0 aliphatic rings. The summed E-state index contributed by atoms with van der Waals surface area (Å²) >= 11 is 0. The molecule has 1 heteroatoms. The zero-order valence-electron chi connectivity index (χ0n) is 7.96. The van der Waals surface area contributed by atoms with Crippen LogP contribution in [0.3, 0.4) is 0 Å². The molecular formula is C11H18O. The Bertz CT molecular complexity index is 164. The monoisotopic (exact) mass is 166 g/mol. The van der Waals surface area contributed by atoms with Crippen LogP contribution in [-0.2, 0) is 0 Å². The normalized spacial score (nSPS) is 15.8. The van der Waals surface area contributed by atoms with Gasteiger partial charge in [0.15, 0.2) is 0 Å². The van der Waals surface area contributed by atoms with E-state index in [2.05, 4.69) is 12.8 Å². The van der Waals surface area contributed by atoms with Crippen molar-refractivity contribution in [3.63, 3.8) is 0 Å². The SMILES string of the molecule is C#C[C@H](C)[C@H](O)/C=C/CCCC. The van der Waals surface area contributed by atoms with Gasteiger partial charge in [-0.05, 0) is 13.3 Å². The lowest BCUT2D eigenvalue weighted by Crippen LogP contribution is -2.12. The maximum atomic E-state index is 9.39. The summed E-state index contributed by atoms with van der Waals surface area (Å²) in [5.74, 6) is 2.42. The molecule has 0 spiro atoms. The van der Waals surface area contributed by atoms with Crippen LogP contribution < -0.4 is 0 Å². The zero-order chi connectivity index (χ0) is 9.40. The van der Waals surface area contributed by atoms with E-state index in [1.165, 1.54) is 12.8 Å². The van der Waals surface area contributed by atoms with Crippen molar-refractivity contribution >= 4 is 0 Å². The molecule has 0 unspecified atom stereocenters. The molecule has 12 heavy (non-hydrogen) atoms. The first-order valence-electron chi connectivity index (χ1n) is 4.53. The van der Waals surface area contributed by atoms with Gasteiger partial charge in [-0.25, -0.2) is 0 Å². The van der Waals surface area contributed by atoms with Crippen LogP contribution in [0, 0.1) is 18.3 Å². The van der Waals surface area contributed by atoms with E-state index in [0.717, 1.165) is 6.42 Å². The van der Waals surface area contributed by atoms with Crippen molar-refractivity contribution in [2.75, 3.05) is 0 Å². The highest BCUT2D eigenvalue weighted by molar-refractivity contribution is 5.01. The van der Waals surface area contributed by atoms with Crippen molar-refractivity contribution < 1.29 is 5.11 Å². The topological polar surface area (TPSA) is 20.2 Å². The predicted octanol–water partition coefficient (Wildman–Crippen LogP) is 2.36. The smallest absolute Gasteiger partial charge is 0.0855 e. The molecule has 0 aromatic rings. The standard InChI is InChI=1S/C11H18O/c1-4-6-7-8-9-11(12)10(3)5-2/h2,8-12H,4,6-7H2,1,3H3/b9-8+/t10-,11+/m0/s1. The quantitative estimate of drug-likeness (QED) is 0.377. The van der Waals surface area contributed by atoms with Gasteiger partial charge < -0.3 is 5.11 Å². The number of hydrogen-bond acceptors (Lipinski definition) is 1. The highest BCUT2D eigenvalue weighted by atomic mass is 16.3. The van der Waals surface area contributed by atoms with Crippen molar-refractivity contribution in [1.29, 1.82) is 0 Å². The summed E-state index contributed by atoms with van der Waals surface area (Å²) in [7, 11) is 0. The van der Waals surface area contributed by atoms with E-state index in [1.54, 1.807) is 6.08 Å². The maximum Gasteiger partial charge on any atom is 0.0855 e. The average Bonchev–Trinajstić information content (AvgIpc) is 2.10. The van der Waals surface area contributed by atoms with Crippen LogP contribution in [0.1, 0.15) is 33.1 Å². The van der Waals surface area contributed by atoms with Crippen LogP contribution >= 0.6 is 0 Å². The van der Waals surface area contributed by atoms with Crippen LogP contribution in [0.4, 0.5) is 0 Å². The van der Waals surface area contributed by atoms with Crippen LogP contribution in [0.5, 0.6) is 0 Å². The van der Waals surface area contributed by atoms with Gasteiger partial charge in [-0.3, -0.25) is 0 Å². The molecule has 0 bridgehead atoms. The first-order valence-corrected chi connectivity index (χ1v) is 4.53. The molecule has 0 aliphatic heterocycles. The van der Waals surface area contributed by atoms with Crippen LogP contribution in [0.25, 0.3) is 0 Å². The second-order valence-electron chi connectivity index (χ2n) is 3.02. The Morgan fingerprint density at radius 2 is 2.25 bits per heavy atom. The molecule has 1 nitrogen and oxygen atoms in total. The number of hydrogen-bond donors (Lipinski definition) is 1. The fourth-order valence-electron chi connectivity index (χ4n) is 0.823. The van der Waals surface area contributed by atoms with Crippen molar-refractivity contribution in [2.45, 2.75) is 39.2 Å². The molecule has 68 valence electrons. The third-order valence-electron chi connectivity index (χ3n) is 1.83. The van der Waals surface area contributed by atoms with Gasteiger partial charge in [0.2, 0.25) is 0 Å². The molecule has 0 heterocycles. The molecule has 0 amide bonds. The highest BCUT2D eigenvalue weighted by Gasteiger charge is 2.05. The molecule has 0 aromatic carbocycles. The largest absolute Gasteiger partial charge is 0.388 e. The number of unbranched alkanes of at least 4 members (excludes halogenated alkanes) is 2. The molecule has 0 fully saturated rings. The Balaban J connectivity index is 3.61. The lowest BCUT2D eigenvalue weighted by Gasteiger charge is -2.07. The average molecular weight is 166 g/mol. The van der Waals surface area contributed by atoms with Gasteiger partial charge in [-0.2, -0.15) is 0 Å². The summed E-state index contributed by atoms with van der Waals surface area (Å²) in [4.78, 5) is 0. The summed E-state index contributed by atoms with van der Waals surface area (Å²) in [6, 6.07) is 0. The summed E-state index contributed by atoms with van der Waals surface area (Å²) < 4.78 is 0. The van der Waals surface area contributed by atoms with Gasteiger partial charge in [0.1, 0.15) is 0 Å². The first kappa shape index (κ1) is 11.3. The molecule has 0 aliphatic carbocycles. The number of allylic oxidation sites excluding steroid dienone is 1. The number of aliphatic hydroxyl groups excluding tert-OH is 1. The lowest BCUT2D eigenvalue weighted by molar-refractivity contribution is 0.189. The van der Waals surface area contributed by atoms with Gasteiger partial charge in [0.25, 0.3) is 0 Å². The number of rotatable bonds is 5. The van der Waals surface area contributed by atoms with Crippen LogP contribution in [0.15, 0.2) is 12.2 Å². The maximum absolute atomic E-state index is 9.39. The minimum absolute atomic E-state index is 0.0807. The fraction of sp³-hybridized carbons (Fsp3) is 0.636. The third-order valence-corrected chi connectivity index (χ3v) is 1.83. The molecule has 2 atom stereocenters. The summed E-state index contributed by atoms with van der Waals surface area (Å²) in [6.07, 6.45) is 11.9. The zero-order valence-corrected chi connectivity index (χ0v) is 7.96. The van der Waals surface area contributed by atoms with E-state index in [9.17, 15) is 5.11 Å². The van der Waals surface area contributed by atoms with Gasteiger partial charge >= 0.3 is 0 Å². The fourth-order valence-corrected chi connectivity index (χ4v) is 0.823. The Morgan fingerprint density at radius 1 is 1.58 bits per heavy atom. The molecule has 0 saturated heterocycles. The van der Waals surface area contributed by atoms with Gasteiger partial charge in [0.05, 0.1) is 6.10 Å². The van der Waals surface area contributed by atoms with E-state index < -0.39 is 6.10 Å². The minimum Gasteiger partial charge on any atom is -0.388 e. The number of terminal acetylenes is 1. The minimum atomic E-state index is -0.480. The Labute approximate surface area is 75.5 Å². The molecule has 0 saturated carbocycles. The Morgan fingerprint density at radius 3 is 2.75 bits per heavy atom. The van der Waals surface area contributed by atoms with E-state index in [-0.39, 0.29) is 5.92 Å². The van der Waals surface area contributed by atoms with E-state index in [1.807, 2.05) is 13.0 Å². The van der Waals surface area contributed by atoms with Crippen molar-refractivity contribution in [1.82, 2.24) is 0 Å². The van der Waals surface area contributed by atoms with Crippen molar-refractivity contribution in [3.8, 4) is 12.3 Å². The van der Waals surface area contributed by atoms with E-state index in [4.69, 9.17) is 6.42 Å². The summed E-state index contributed by atoms with van der Waals surface area (Å²) in [5, 5.41) is 9.39. The molecule has 0 aromatic heterocycles. The second-order valence-corrected chi connectivity index (χ2v) is 3.02. The van der Waals surface area contributed by atoms with Gasteiger partial charge in [-0.15, -0.1) is 12.3 Å². The lowest BCUT2D eigenvalue weighted by atomic mass is 10.1. The third kappa shape index (κ3) is 4.98. The molecule has 0 rings (SSSR count). The van der Waals surface area contributed by atoms with Crippen molar-refractivity contribution in [2.24, 2.45) is 5.92 Å². The van der Waals surface area contributed by atoms with E-state index >= 15 is 0 Å². The predicted molar refractivity (Wildman–Crippen MR) is 52.7 cm³/mol.